The lowest BCUT2D eigenvalue weighted by Crippen LogP contribution is -2.12. The summed E-state index contributed by atoms with van der Waals surface area (Å²) in [5.41, 5.74) is 22.6. The van der Waals surface area contributed by atoms with Crippen LogP contribution < -0.4 is 9.80 Å². The molecule has 0 atom stereocenters. The maximum absolute atomic E-state index is 2.46. The van der Waals surface area contributed by atoms with E-state index in [1.54, 1.807) is 0 Å². The van der Waals surface area contributed by atoms with Gasteiger partial charge in [0.1, 0.15) is 0 Å². The highest BCUT2D eigenvalue weighted by Crippen LogP contribution is 2.48. The van der Waals surface area contributed by atoms with Crippen molar-refractivity contribution in [2.75, 3.05) is 9.80 Å². The number of anilines is 6. The van der Waals surface area contributed by atoms with Crippen LogP contribution in [0.3, 0.4) is 0 Å². The van der Waals surface area contributed by atoms with E-state index in [-0.39, 0.29) is 0 Å². The quantitative estimate of drug-likeness (QED) is 0.113. The van der Waals surface area contributed by atoms with Gasteiger partial charge < -0.3 is 9.80 Å². The van der Waals surface area contributed by atoms with Crippen LogP contribution in [-0.4, -0.2) is 0 Å². The van der Waals surface area contributed by atoms with Crippen molar-refractivity contribution in [3.05, 3.63) is 214 Å². The van der Waals surface area contributed by atoms with Gasteiger partial charge in [-0.25, -0.2) is 0 Å². The summed E-state index contributed by atoms with van der Waals surface area (Å²) >= 11 is 0. The minimum atomic E-state index is 0.993. The summed E-state index contributed by atoms with van der Waals surface area (Å²) in [5, 5.41) is 4.91. The number of nitrogens with zero attached hydrogens (tertiary/aromatic N) is 2. The van der Waals surface area contributed by atoms with Gasteiger partial charge in [-0.15, -0.1) is 0 Å². The van der Waals surface area contributed by atoms with Crippen molar-refractivity contribution in [2.24, 2.45) is 0 Å². The standard InChI is InChI=1S/C62H60N2/c1-9-45-25-29-53(37-47(45)11-3)63(51-27-23-41(5)43(7)35-51)55-31-33-57-59(39-55)61(49-19-15-13-16-20-49)58-34-32-56(40-60(58)62(57)50-21-17-14-18-22-50)64(52-28-24-42(6)44(8)36-52)54-30-26-46(10-2)48(12-4)38-54/h13-40H,9-12H2,1-8H3. The molecule has 0 heterocycles. The van der Waals surface area contributed by atoms with Crippen LogP contribution in [-0.2, 0) is 25.7 Å². The van der Waals surface area contributed by atoms with E-state index in [2.05, 4.69) is 235 Å². The molecule has 0 aliphatic carbocycles. The Hall–Kier alpha value is -6.90. The summed E-state index contributed by atoms with van der Waals surface area (Å²) in [7, 11) is 0. The molecule has 0 spiro atoms. The molecule has 0 bridgehead atoms. The van der Waals surface area contributed by atoms with Gasteiger partial charge in [0.2, 0.25) is 0 Å². The van der Waals surface area contributed by atoms with E-state index in [1.807, 2.05) is 0 Å². The molecule has 64 heavy (non-hydrogen) atoms. The van der Waals surface area contributed by atoms with E-state index in [0.29, 0.717) is 0 Å². The van der Waals surface area contributed by atoms with Crippen LogP contribution in [0, 0.1) is 27.7 Å². The van der Waals surface area contributed by atoms with Crippen molar-refractivity contribution >= 4 is 55.7 Å². The van der Waals surface area contributed by atoms with Crippen LogP contribution in [0.25, 0.3) is 43.8 Å². The molecule has 0 unspecified atom stereocenters. The van der Waals surface area contributed by atoms with Crippen molar-refractivity contribution in [2.45, 2.75) is 81.1 Å². The average Bonchev–Trinajstić information content (AvgIpc) is 3.33. The normalized spacial score (nSPS) is 11.4. The predicted molar refractivity (Wildman–Crippen MR) is 278 cm³/mol. The average molecular weight is 833 g/mol. The fourth-order valence-corrected chi connectivity index (χ4v) is 9.79. The molecule has 9 rings (SSSR count). The molecule has 318 valence electrons. The molecule has 0 saturated heterocycles. The minimum Gasteiger partial charge on any atom is -0.310 e. The Morgan fingerprint density at radius 2 is 0.609 bits per heavy atom. The Bertz CT molecular complexity index is 2930. The van der Waals surface area contributed by atoms with Gasteiger partial charge in [-0.05, 0) is 214 Å². The summed E-state index contributed by atoms with van der Waals surface area (Å²) < 4.78 is 0. The number of hydrogen-bond acceptors (Lipinski definition) is 2. The van der Waals surface area contributed by atoms with Gasteiger partial charge >= 0.3 is 0 Å². The predicted octanol–water partition coefficient (Wildman–Crippen LogP) is 17.7. The zero-order valence-electron chi connectivity index (χ0n) is 38.9. The maximum Gasteiger partial charge on any atom is 0.0468 e. The van der Waals surface area contributed by atoms with E-state index in [4.69, 9.17) is 0 Å². The third-order valence-electron chi connectivity index (χ3n) is 13.6. The molecule has 0 amide bonds. The third kappa shape index (κ3) is 7.88. The number of aryl methyl sites for hydroxylation is 8. The Morgan fingerprint density at radius 1 is 0.281 bits per heavy atom. The molecule has 0 aromatic heterocycles. The van der Waals surface area contributed by atoms with E-state index in [9.17, 15) is 0 Å². The molecule has 9 aromatic rings. The smallest absolute Gasteiger partial charge is 0.0468 e. The van der Waals surface area contributed by atoms with Crippen LogP contribution >= 0.6 is 0 Å². The van der Waals surface area contributed by atoms with Crippen molar-refractivity contribution in [3.63, 3.8) is 0 Å². The van der Waals surface area contributed by atoms with Gasteiger partial charge in [0.05, 0.1) is 0 Å². The summed E-state index contributed by atoms with van der Waals surface area (Å²) in [6.45, 7) is 17.9. The van der Waals surface area contributed by atoms with E-state index < -0.39 is 0 Å². The van der Waals surface area contributed by atoms with Crippen molar-refractivity contribution in [1.29, 1.82) is 0 Å². The minimum absolute atomic E-state index is 0.993. The SMILES string of the molecule is CCc1ccc(N(c2ccc(C)c(C)c2)c2ccc3c(-c4ccccc4)c4cc(N(c5ccc(C)c(C)c5)c5ccc(CC)c(CC)c5)ccc4c(-c4ccccc4)c3c2)cc1CC. The number of benzene rings is 9. The molecule has 0 radical (unpaired) electrons. The van der Waals surface area contributed by atoms with Gasteiger partial charge in [-0.1, -0.05) is 125 Å². The summed E-state index contributed by atoms with van der Waals surface area (Å²) in [6, 6.07) is 64.3. The zero-order chi connectivity index (χ0) is 44.5. The monoisotopic (exact) mass is 832 g/mol. The Morgan fingerprint density at radius 3 is 0.969 bits per heavy atom. The first-order chi connectivity index (χ1) is 31.2. The largest absolute Gasteiger partial charge is 0.310 e. The number of fused-ring (bicyclic) bond motifs is 2. The molecular weight excluding hydrogens is 773 g/mol. The highest BCUT2D eigenvalue weighted by molar-refractivity contribution is 6.22. The fraction of sp³-hybridized carbons (Fsp3) is 0.194. The summed E-state index contributed by atoms with van der Waals surface area (Å²) in [4.78, 5) is 4.93. The second-order valence-corrected chi connectivity index (χ2v) is 17.5. The second kappa shape index (κ2) is 18.1. The number of rotatable bonds is 12. The van der Waals surface area contributed by atoms with Crippen LogP contribution in [0.4, 0.5) is 34.1 Å². The lowest BCUT2D eigenvalue weighted by molar-refractivity contribution is 1.03. The van der Waals surface area contributed by atoms with E-state index >= 15 is 0 Å². The van der Waals surface area contributed by atoms with Crippen LogP contribution in [0.5, 0.6) is 0 Å². The molecule has 9 aromatic carbocycles. The first-order valence-corrected chi connectivity index (χ1v) is 23.3. The first-order valence-electron chi connectivity index (χ1n) is 23.3. The summed E-state index contributed by atoms with van der Waals surface area (Å²) in [5.74, 6) is 0. The maximum atomic E-state index is 2.46. The Balaban J connectivity index is 1.36. The van der Waals surface area contributed by atoms with Crippen molar-refractivity contribution in [1.82, 2.24) is 0 Å². The third-order valence-corrected chi connectivity index (χ3v) is 13.6. The van der Waals surface area contributed by atoms with Crippen molar-refractivity contribution < 1.29 is 0 Å². The molecule has 0 N–H and O–H groups in total. The first kappa shape index (κ1) is 42.4. The fourth-order valence-electron chi connectivity index (χ4n) is 9.79. The van der Waals surface area contributed by atoms with E-state index in [0.717, 1.165) is 48.4 Å². The van der Waals surface area contributed by atoms with Gasteiger partial charge in [0.25, 0.3) is 0 Å². The zero-order valence-corrected chi connectivity index (χ0v) is 38.9. The van der Waals surface area contributed by atoms with Crippen LogP contribution in [0.1, 0.15) is 72.2 Å². The van der Waals surface area contributed by atoms with Gasteiger partial charge in [-0.3, -0.25) is 0 Å². The van der Waals surface area contributed by atoms with Gasteiger partial charge in [-0.2, -0.15) is 0 Å². The lowest BCUT2D eigenvalue weighted by Gasteiger charge is -2.29. The molecule has 0 aliphatic heterocycles. The topological polar surface area (TPSA) is 6.48 Å². The highest BCUT2D eigenvalue weighted by atomic mass is 15.1. The summed E-state index contributed by atoms with van der Waals surface area (Å²) in [6.07, 6.45) is 4.03. The van der Waals surface area contributed by atoms with Crippen LogP contribution in [0.15, 0.2) is 170 Å². The highest BCUT2D eigenvalue weighted by Gasteiger charge is 2.23. The van der Waals surface area contributed by atoms with E-state index in [1.165, 1.54) is 99.7 Å². The second-order valence-electron chi connectivity index (χ2n) is 17.5. The van der Waals surface area contributed by atoms with Crippen molar-refractivity contribution in [3.8, 4) is 22.3 Å². The molecule has 2 heteroatoms. The Kier molecular flexibility index (Phi) is 12.0. The molecular formula is C62H60N2. The van der Waals surface area contributed by atoms with Gasteiger partial charge in [0, 0.05) is 34.1 Å². The lowest BCUT2D eigenvalue weighted by atomic mass is 9.85. The number of hydrogen-bond donors (Lipinski definition) is 0. The molecule has 2 nitrogen and oxygen atoms in total. The molecule has 0 saturated carbocycles. The van der Waals surface area contributed by atoms with Gasteiger partial charge in [0.15, 0.2) is 0 Å². The molecule has 0 aliphatic rings. The molecule has 0 fully saturated rings. The van der Waals surface area contributed by atoms with Crippen LogP contribution in [0.2, 0.25) is 0 Å². The Labute approximate surface area is 381 Å².